The first-order valence-corrected chi connectivity index (χ1v) is 7.66. The fraction of sp³-hybridized carbons (Fsp3) is 0.333. The zero-order chi connectivity index (χ0) is 13.2. The summed E-state index contributed by atoms with van der Waals surface area (Å²) in [7, 11) is -3.01. The molecule has 5 nitrogen and oxygen atoms in total. The third kappa shape index (κ3) is 3.16. The minimum atomic E-state index is -3.01. The molecule has 0 amide bonds. The van der Waals surface area contributed by atoms with Crippen LogP contribution in [0.5, 0.6) is 0 Å². The van der Waals surface area contributed by atoms with Crippen LogP contribution in [-0.2, 0) is 9.84 Å². The average molecular weight is 265 g/mol. The summed E-state index contributed by atoms with van der Waals surface area (Å²) >= 11 is 0. The van der Waals surface area contributed by atoms with Crippen molar-refractivity contribution in [2.75, 3.05) is 17.3 Å². The number of benzene rings is 1. The fourth-order valence-corrected chi connectivity index (χ4v) is 2.86. The average Bonchev–Trinajstić information content (AvgIpc) is 2.27. The van der Waals surface area contributed by atoms with Crippen LogP contribution in [-0.4, -0.2) is 36.7 Å². The highest BCUT2D eigenvalue weighted by Crippen LogP contribution is 2.19. The van der Waals surface area contributed by atoms with Crippen LogP contribution in [0.15, 0.2) is 30.5 Å². The molecule has 1 N–H and O–H groups in total. The fourth-order valence-electron chi connectivity index (χ4n) is 1.86. The quantitative estimate of drug-likeness (QED) is 0.906. The van der Waals surface area contributed by atoms with Crippen LogP contribution in [0.2, 0.25) is 0 Å². The SMILES string of the molecule is CC(CS(C)(=O)=O)Nc1nncc2ccccc12. The molecule has 0 saturated carbocycles. The Morgan fingerprint density at radius 2 is 2.06 bits per heavy atom. The number of rotatable bonds is 4. The first-order chi connectivity index (χ1) is 8.46. The molecule has 0 fully saturated rings. The molecule has 96 valence electrons. The first-order valence-electron chi connectivity index (χ1n) is 5.60. The van der Waals surface area contributed by atoms with E-state index < -0.39 is 9.84 Å². The van der Waals surface area contributed by atoms with Crippen LogP contribution >= 0.6 is 0 Å². The van der Waals surface area contributed by atoms with Gasteiger partial charge in [0, 0.05) is 23.1 Å². The topological polar surface area (TPSA) is 72.0 Å². The summed E-state index contributed by atoms with van der Waals surface area (Å²) in [4.78, 5) is 0. The number of nitrogens with one attached hydrogen (secondary N) is 1. The van der Waals surface area contributed by atoms with E-state index in [4.69, 9.17) is 0 Å². The van der Waals surface area contributed by atoms with Gasteiger partial charge in [-0.25, -0.2) is 8.42 Å². The number of aromatic nitrogens is 2. The Bertz CT molecular complexity index is 650. The molecule has 1 aromatic heterocycles. The van der Waals surface area contributed by atoms with E-state index in [0.29, 0.717) is 5.82 Å². The maximum atomic E-state index is 11.2. The number of hydrogen-bond acceptors (Lipinski definition) is 5. The Morgan fingerprint density at radius 1 is 1.33 bits per heavy atom. The van der Waals surface area contributed by atoms with E-state index in [0.717, 1.165) is 10.8 Å². The maximum Gasteiger partial charge on any atom is 0.156 e. The lowest BCUT2D eigenvalue weighted by Crippen LogP contribution is -2.25. The summed E-state index contributed by atoms with van der Waals surface area (Å²) in [5.41, 5.74) is 0. The highest BCUT2D eigenvalue weighted by atomic mass is 32.2. The van der Waals surface area contributed by atoms with Gasteiger partial charge < -0.3 is 5.32 Å². The van der Waals surface area contributed by atoms with Crippen molar-refractivity contribution in [3.05, 3.63) is 30.5 Å². The Morgan fingerprint density at radius 3 is 2.78 bits per heavy atom. The lowest BCUT2D eigenvalue weighted by atomic mass is 10.2. The molecule has 0 saturated heterocycles. The molecule has 1 unspecified atom stereocenters. The molecule has 1 atom stereocenters. The zero-order valence-electron chi connectivity index (χ0n) is 10.3. The van der Waals surface area contributed by atoms with Crippen LogP contribution in [0.4, 0.5) is 5.82 Å². The number of nitrogens with zero attached hydrogens (tertiary/aromatic N) is 2. The second-order valence-corrected chi connectivity index (χ2v) is 6.60. The molecule has 0 aliphatic heterocycles. The van der Waals surface area contributed by atoms with Gasteiger partial charge in [-0.1, -0.05) is 24.3 Å². The van der Waals surface area contributed by atoms with Gasteiger partial charge in [0.25, 0.3) is 0 Å². The van der Waals surface area contributed by atoms with E-state index in [-0.39, 0.29) is 11.8 Å². The monoisotopic (exact) mass is 265 g/mol. The maximum absolute atomic E-state index is 11.2. The van der Waals surface area contributed by atoms with Crippen LogP contribution in [0, 0.1) is 0 Å². The van der Waals surface area contributed by atoms with E-state index in [2.05, 4.69) is 15.5 Å². The normalized spacial score (nSPS) is 13.4. The highest BCUT2D eigenvalue weighted by molar-refractivity contribution is 7.90. The van der Waals surface area contributed by atoms with Crippen molar-refractivity contribution in [2.24, 2.45) is 0 Å². The van der Waals surface area contributed by atoms with E-state index in [1.807, 2.05) is 31.2 Å². The molecule has 6 heteroatoms. The van der Waals surface area contributed by atoms with Gasteiger partial charge in [0.05, 0.1) is 11.9 Å². The Hall–Kier alpha value is -1.69. The summed E-state index contributed by atoms with van der Waals surface area (Å²) in [5.74, 6) is 0.682. The molecular formula is C12H15N3O2S. The molecule has 2 rings (SSSR count). The third-order valence-electron chi connectivity index (χ3n) is 2.51. The molecular weight excluding hydrogens is 250 g/mol. The predicted octanol–water partition coefficient (Wildman–Crippen LogP) is 1.47. The second kappa shape index (κ2) is 4.89. The van der Waals surface area contributed by atoms with E-state index in [9.17, 15) is 8.42 Å². The van der Waals surface area contributed by atoms with E-state index in [1.165, 1.54) is 6.26 Å². The van der Waals surface area contributed by atoms with Gasteiger partial charge in [0.1, 0.15) is 9.84 Å². The predicted molar refractivity (Wildman–Crippen MR) is 72.3 cm³/mol. The summed E-state index contributed by atoms with van der Waals surface area (Å²) in [6, 6.07) is 7.50. The standard InChI is InChI=1S/C12H15N3O2S/c1-9(8-18(2,16)17)14-12-11-6-4-3-5-10(11)7-13-15-12/h3-7,9H,8H2,1-2H3,(H,14,15). The number of anilines is 1. The van der Waals surface area contributed by atoms with Crippen molar-refractivity contribution in [1.29, 1.82) is 0 Å². The van der Waals surface area contributed by atoms with Gasteiger partial charge in [-0.15, -0.1) is 5.10 Å². The van der Waals surface area contributed by atoms with Gasteiger partial charge >= 0.3 is 0 Å². The van der Waals surface area contributed by atoms with Gasteiger partial charge in [-0.3, -0.25) is 0 Å². The summed E-state index contributed by atoms with van der Waals surface area (Å²) < 4.78 is 22.4. The first kappa shape index (κ1) is 12.8. The van der Waals surface area contributed by atoms with Crippen LogP contribution < -0.4 is 5.32 Å². The molecule has 2 aromatic rings. The van der Waals surface area contributed by atoms with Gasteiger partial charge in [0.2, 0.25) is 0 Å². The molecule has 18 heavy (non-hydrogen) atoms. The minimum absolute atomic E-state index is 0.0674. The second-order valence-electron chi connectivity index (χ2n) is 4.42. The van der Waals surface area contributed by atoms with Crippen molar-refractivity contribution in [3.8, 4) is 0 Å². The Kier molecular flexibility index (Phi) is 3.47. The molecule has 1 aromatic carbocycles. The zero-order valence-corrected chi connectivity index (χ0v) is 11.1. The lowest BCUT2D eigenvalue weighted by Gasteiger charge is -2.14. The van der Waals surface area contributed by atoms with Crippen molar-refractivity contribution >= 4 is 26.4 Å². The Balaban J connectivity index is 2.27. The molecule has 0 aliphatic rings. The molecule has 0 bridgehead atoms. The molecule has 1 heterocycles. The largest absolute Gasteiger partial charge is 0.365 e. The van der Waals surface area contributed by atoms with Crippen LogP contribution in [0.1, 0.15) is 6.92 Å². The molecule has 0 spiro atoms. The van der Waals surface area contributed by atoms with Crippen LogP contribution in [0.3, 0.4) is 0 Å². The van der Waals surface area contributed by atoms with Gasteiger partial charge in [-0.2, -0.15) is 5.10 Å². The van der Waals surface area contributed by atoms with Crippen molar-refractivity contribution in [2.45, 2.75) is 13.0 Å². The van der Waals surface area contributed by atoms with E-state index >= 15 is 0 Å². The van der Waals surface area contributed by atoms with Crippen molar-refractivity contribution in [3.63, 3.8) is 0 Å². The minimum Gasteiger partial charge on any atom is -0.365 e. The molecule has 0 radical (unpaired) electrons. The summed E-state index contributed by atoms with van der Waals surface area (Å²) in [6.07, 6.45) is 2.90. The van der Waals surface area contributed by atoms with E-state index in [1.54, 1.807) is 6.20 Å². The smallest absolute Gasteiger partial charge is 0.156 e. The number of hydrogen-bond donors (Lipinski definition) is 1. The Labute approximate surface area is 106 Å². The molecule has 0 aliphatic carbocycles. The number of fused-ring (bicyclic) bond motifs is 1. The van der Waals surface area contributed by atoms with Crippen LogP contribution in [0.25, 0.3) is 10.8 Å². The summed E-state index contributed by atoms with van der Waals surface area (Å²) in [6.45, 7) is 1.81. The van der Waals surface area contributed by atoms with Gasteiger partial charge in [-0.05, 0) is 6.92 Å². The highest BCUT2D eigenvalue weighted by Gasteiger charge is 2.12. The third-order valence-corrected chi connectivity index (χ3v) is 3.61. The van der Waals surface area contributed by atoms with Gasteiger partial charge in [0.15, 0.2) is 5.82 Å². The summed E-state index contributed by atoms with van der Waals surface area (Å²) in [5, 5.41) is 12.9. The lowest BCUT2D eigenvalue weighted by molar-refractivity contribution is 0.598. The van der Waals surface area contributed by atoms with Crippen molar-refractivity contribution in [1.82, 2.24) is 10.2 Å². The van der Waals surface area contributed by atoms with Crippen molar-refractivity contribution < 1.29 is 8.42 Å². The number of sulfone groups is 1.